The van der Waals surface area contributed by atoms with Crippen LogP contribution in [0.15, 0.2) is 59.6 Å². The van der Waals surface area contributed by atoms with E-state index in [0.29, 0.717) is 35.7 Å². The molecule has 39 heavy (non-hydrogen) atoms. The minimum atomic E-state index is -4.00. The Hall–Kier alpha value is -3.30. The molecular formula is C30H36N4O4S. The molecule has 2 aliphatic rings. The summed E-state index contributed by atoms with van der Waals surface area (Å²) in [4.78, 5) is 31.7. The van der Waals surface area contributed by atoms with Crippen LogP contribution in [-0.2, 0) is 21.4 Å². The van der Waals surface area contributed by atoms with Crippen molar-refractivity contribution in [3.63, 3.8) is 0 Å². The van der Waals surface area contributed by atoms with Gasteiger partial charge in [0.1, 0.15) is 11.2 Å². The van der Waals surface area contributed by atoms with Gasteiger partial charge in [-0.3, -0.25) is 19.4 Å². The van der Waals surface area contributed by atoms with Gasteiger partial charge in [-0.05, 0) is 68.1 Å². The van der Waals surface area contributed by atoms with Crippen molar-refractivity contribution in [3.8, 4) is 0 Å². The zero-order valence-corrected chi connectivity index (χ0v) is 23.0. The number of para-hydroxylation sites is 1. The summed E-state index contributed by atoms with van der Waals surface area (Å²) in [5.41, 5.74) is 1.85. The van der Waals surface area contributed by atoms with Crippen molar-refractivity contribution in [1.82, 2.24) is 15.2 Å². The Balaban J connectivity index is 1.41. The largest absolute Gasteiger partial charge is 0.343 e. The SMILES string of the molecule is O=CC(CC1CCCCC1)NC(=O)c1ccc(CN2CCCC2)c(NS(=O)(=O)c2cccc3cccnc23)c1. The lowest BCUT2D eigenvalue weighted by atomic mass is 9.85. The number of fused-ring (bicyclic) bond motifs is 1. The van der Waals surface area contributed by atoms with Crippen LogP contribution in [0.2, 0.25) is 0 Å². The Bertz CT molecular complexity index is 1420. The second kappa shape index (κ2) is 12.3. The van der Waals surface area contributed by atoms with Crippen molar-refractivity contribution in [1.29, 1.82) is 0 Å². The van der Waals surface area contributed by atoms with Gasteiger partial charge < -0.3 is 10.1 Å². The Morgan fingerprint density at radius 3 is 2.56 bits per heavy atom. The fraction of sp³-hybridized carbons (Fsp3) is 0.433. The Labute approximate surface area is 230 Å². The number of nitrogens with zero attached hydrogens (tertiary/aromatic N) is 2. The molecule has 1 saturated heterocycles. The third-order valence-corrected chi connectivity index (χ3v) is 9.28. The normalized spacial score (nSPS) is 17.6. The monoisotopic (exact) mass is 548 g/mol. The molecule has 1 saturated carbocycles. The van der Waals surface area contributed by atoms with Gasteiger partial charge in [-0.2, -0.15) is 0 Å². The van der Waals surface area contributed by atoms with E-state index in [9.17, 15) is 18.0 Å². The van der Waals surface area contributed by atoms with Crippen molar-refractivity contribution in [2.75, 3.05) is 17.8 Å². The number of nitrogens with one attached hydrogen (secondary N) is 2. The second-order valence-electron chi connectivity index (χ2n) is 10.7. The summed E-state index contributed by atoms with van der Waals surface area (Å²) >= 11 is 0. The molecule has 0 spiro atoms. The molecule has 0 radical (unpaired) electrons. The van der Waals surface area contributed by atoms with Gasteiger partial charge in [0.2, 0.25) is 0 Å². The fourth-order valence-electron chi connectivity index (χ4n) is 5.81. The minimum absolute atomic E-state index is 0.0797. The van der Waals surface area contributed by atoms with Gasteiger partial charge in [-0.1, -0.05) is 56.4 Å². The molecule has 1 amide bonds. The fourth-order valence-corrected chi connectivity index (χ4v) is 7.08. The third-order valence-electron chi connectivity index (χ3n) is 7.89. The zero-order valence-electron chi connectivity index (χ0n) is 22.1. The lowest BCUT2D eigenvalue weighted by Crippen LogP contribution is -2.37. The Morgan fingerprint density at radius 1 is 1.03 bits per heavy atom. The standard InChI is InChI=1S/C30H36N4O4S/c35-21-26(18-22-8-2-1-3-9-22)32-30(36)24-13-14-25(20-34-16-4-5-17-34)27(19-24)33-39(37,38)28-12-6-10-23-11-7-15-31-29(23)28/h6-7,10-15,19,21-22,26,33H,1-5,8-9,16-18,20H2,(H,32,36). The van der Waals surface area contributed by atoms with E-state index < -0.39 is 16.1 Å². The van der Waals surface area contributed by atoms with E-state index in [0.717, 1.165) is 56.0 Å². The van der Waals surface area contributed by atoms with Gasteiger partial charge in [-0.25, -0.2) is 8.42 Å². The predicted octanol–water partition coefficient (Wildman–Crippen LogP) is 4.90. The van der Waals surface area contributed by atoms with Gasteiger partial charge in [0, 0.05) is 23.7 Å². The molecule has 1 unspecified atom stereocenters. The summed E-state index contributed by atoms with van der Waals surface area (Å²) in [6, 6.07) is 13.2. The number of carbonyl (C=O) groups is 2. The first-order valence-corrected chi connectivity index (χ1v) is 15.4. The van der Waals surface area contributed by atoms with Gasteiger partial charge in [-0.15, -0.1) is 0 Å². The molecule has 1 atom stereocenters. The van der Waals surface area contributed by atoms with Crippen molar-refractivity contribution in [2.45, 2.75) is 68.8 Å². The Morgan fingerprint density at radius 2 is 1.79 bits per heavy atom. The molecule has 0 bridgehead atoms. The van der Waals surface area contributed by atoms with Crippen molar-refractivity contribution >= 4 is 38.8 Å². The molecule has 1 aliphatic carbocycles. The highest BCUT2D eigenvalue weighted by molar-refractivity contribution is 7.93. The van der Waals surface area contributed by atoms with Crippen LogP contribution < -0.4 is 10.0 Å². The molecule has 1 aromatic heterocycles. The first kappa shape index (κ1) is 27.3. The lowest BCUT2D eigenvalue weighted by Gasteiger charge is -2.24. The van der Waals surface area contributed by atoms with E-state index in [-0.39, 0.29) is 10.8 Å². The molecule has 5 rings (SSSR count). The highest BCUT2D eigenvalue weighted by atomic mass is 32.2. The maximum absolute atomic E-state index is 13.6. The van der Waals surface area contributed by atoms with E-state index in [4.69, 9.17) is 0 Å². The van der Waals surface area contributed by atoms with E-state index >= 15 is 0 Å². The van der Waals surface area contributed by atoms with Crippen LogP contribution in [0.3, 0.4) is 0 Å². The number of aromatic nitrogens is 1. The van der Waals surface area contributed by atoms with Crippen molar-refractivity contribution < 1.29 is 18.0 Å². The first-order valence-electron chi connectivity index (χ1n) is 13.9. The highest BCUT2D eigenvalue weighted by Gasteiger charge is 2.24. The van der Waals surface area contributed by atoms with Crippen molar-refractivity contribution in [2.24, 2.45) is 5.92 Å². The second-order valence-corrected chi connectivity index (χ2v) is 12.4. The Kier molecular flexibility index (Phi) is 8.57. The van der Waals surface area contributed by atoms with Crippen molar-refractivity contribution in [3.05, 3.63) is 65.9 Å². The summed E-state index contributed by atoms with van der Waals surface area (Å²) < 4.78 is 30.0. The molecule has 2 heterocycles. The molecule has 206 valence electrons. The number of amides is 1. The summed E-state index contributed by atoms with van der Waals surface area (Å²) in [6.45, 7) is 2.47. The average molecular weight is 549 g/mol. The number of anilines is 1. The number of rotatable bonds is 10. The van der Waals surface area contributed by atoms with Crippen LogP contribution in [0, 0.1) is 5.92 Å². The number of pyridine rings is 1. The number of sulfonamides is 1. The van der Waals surface area contributed by atoms with E-state index in [1.807, 2.05) is 18.2 Å². The van der Waals surface area contributed by atoms with Gasteiger partial charge in [0.25, 0.3) is 15.9 Å². The summed E-state index contributed by atoms with van der Waals surface area (Å²) in [7, 11) is -4.00. The minimum Gasteiger partial charge on any atom is -0.343 e. The number of benzene rings is 2. The molecule has 3 aromatic rings. The van der Waals surface area contributed by atoms with Crippen LogP contribution in [0.1, 0.15) is 67.3 Å². The smallest absolute Gasteiger partial charge is 0.264 e. The molecule has 2 N–H and O–H groups in total. The number of carbonyl (C=O) groups excluding carboxylic acids is 2. The van der Waals surface area contributed by atoms with Crippen LogP contribution in [0.4, 0.5) is 5.69 Å². The number of likely N-dealkylation sites (tertiary alicyclic amines) is 1. The maximum Gasteiger partial charge on any atom is 0.264 e. The molecule has 2 aromatic carbocycles. The number of aldehydes is 1. The van der Waals surface area contributed by atoms with Gasteiger partial charge in [0.15, 0.2) is 0 Å². The van der Waals surface area contributed by atoms with Crippen LogP contribution in [0.5, 0.6) is 0 Å². The highest BCUT2D eigenvalue weighted by Crippen LogP contribution is 2.29. The maximum atomic E-state index is 13.6. The first-order chi connectivity index (χ1) is 18.9. The predicted molar refractivity (Wildman–Crippen MR) is 152 cm³/mol. The molecule has 9 heteroatoms. The van der Waals surface area contributed by atoms with Gasteiger partial charge in [0.05, 0.1) is 17.2 Å². The average Bonchev–Trinajstić information content (AvgIpc) is 3.47. The molecular weight excluding hydrogens is 512 g/mol. The summed E-state index contributed by atoms with van der Waals surface area (Å²) in [6.07, 6.45) is 11.0. The number of hydrogen-bond acceptors (Lipinski definition) is 6. The third kappa shape index (κ3) is 6.65. The van der Waals surface area contributed by atoms with Crippen LogP contribution >= 0.6 is 0 Å². The van der Waals surface area contributed by atoms with Gasteiger partial charge >= 0.3 is 0 Å². The van der Waals surface area contributed by atoms with Crippen LogP contribution in [0.25, 0.3) is 10.9 Å². The van der Waals surface area contributed by atoms with E-state index in [1.54, 1.807) is 30.5 Å². The quantitative estimate of drug-likeness (QED) is 0.349. The lowest BCUT2D eigenvalue weighted by molar-refractivity contribution is -0.109. The zero-order chi connectivity index (χ0) is 27.2. The molecule has 8 nitrogen and oxygen atoms in total. The summed E-state index contributed by atoms with van der Waals surface area (Å²) in [5, 5.41) is 3.59. The van der Waals surface area contributed by atoms with E-state index in [1.165, 1.54) is 25.3 Å². The molecule has 2 fully saturated rings. The van der Waals surface area contributed by atoms with Crippen LogP contribution in [-0.4, -0.2) is 49.6 Å². The topological polar surface area (TPSA) is 108 Å². The summed E-state index contributed by atoms with van der Waals surface area (Å²) in [5.74, 6) is 0.0525. The van der Waals surface area contributed by atoms with E-state index in [2.05, 4.69) is 19.9 Å². The molecule has 1 aliphatic heterocycles. The number of hydrogen-bond donors (Lipinski definition) is 2.